The van der Waals surface area contributed by atoms with Crippen molar-refractivity contribution in [1.29, 1.82) is 0 Å². The molecule has 0 aliphatic carbocycles. The van der Waals surface area contributed by atoms with Gasteiger partial charge in [-0.3, -0.25) is 4.79 Å². The van der Waals surface area contributed by atoms with Gasteiger partial charge in [-0.25, -0.2) is 4.98 Å². The minimum absolute atomic E-state index is 0.629. The van der Waals surface area contributed by atoms with Crippen LogP contribution in [0.5, 0.6) is 0 Å². The molecule has 0 bridgehead atoms. The normalized spacial score (nSPS) is 20.2. The van der Waals surface area contributed by atoms with Crippen LogP contribution in [0.3, 0.4) is 0 Å². The zero-order valence-electron chi connectivity index (χ0n) is 12.8. The fraction of sp³-hybridized carbons (Fsp3) is 0.529. The largest absolute Gasteiger partial charge is 0.306 e. The number of nitrogens with zero attached hydrogens (tertiary/aromatic N) is 3. The molecule has 1 aliphatic heterocycles. The summed E-state index contributed by atoms with van der Waals surface area (Å²) in [6.07, 6.45) is 8.39. The Hall–Kier alpha value is -1.68. The minimum atomic E-state index is 0.629. The molecule has 0 saturated carbocycles. The number of hydrogen-bond donors (Lipinski definition) is 0. The van der Waals surface area contributed by atoms with E-state index in [1.165, 1.54) is 25.9 Å². The second-order valence-corrected chi connectivity index (χ2v) is 6.38. The molecule has 4 nitrogen and oxygen atoms in total. The molecule has 4 heteroatoms. The van der Waals surface area contributed by atoms with E-state index in [2.05, 4.69) is 29.9 Å². The fourth-order valence-electron chi connectivity index (χ4n) is 3.26. The van der Waals surface area contributed by atoms with E-state index >= 15 is 0 Å². The average molecular weight is 285 g/mol. The van der Waals surface area contributed by atoms with Gasteiger partial charge in [0.15, 0.2) is 6.29 Å². The molecular weight excluding hydrogens is 262 g/mol. The molecule has 2 aromatic heterocycles. The van der Waals surface area contributed by atoms with E-state index in [9.17, 15) is 4.79 Å². The molecule has 0 radical (unpaired) electrons. The molecule has 112 valence electrons. The second-order valence-electron chi connectivity index (χ2n) is 6.38. The van der Waals surface area contributed by atoms with Gasteiger partial charge < -0.3 is 9.30 Å². The van der Waals surface area contributed by atoms with Crippen molar-refractivity contribution >= 4 is 11.9 Å². The van der Waals surface area contributed by atoms with Crippen LogP contribution in [0.1, 0.15) is 42.7 Å². The van der Waals surface area contributed by atoms with E-state index in [0.29, 0.717) is 17.5 Å². The monoisotopic (exact) mass is 285 g/mol. The maximum atomic E-state index is 10.8. The molecule has 1 fully saturated rings. The average Bonchev–Trinajstić information content (AvgIpc) is 2.88. The van der Waals surface area contributed by atoms with E-state index in [-0.39, 0.29) is 0 Å². The fourth-order valence-corrected chi connectivity index (χ4v) is 3.26. The first-order valence-electron chi connectivity index (χ1n) is 7.82. The summed E-state index contributed by atoms with van der Waals surface area (Å²) in [6, 6.07) is 4.36. The molecule has 3 rings (SSSR count). The number of aldehydes is 1. The van der Waals surface area contributed by atoms with Gasteiger partial charge in [0.1, 0.15) is 5.65 Å². The number of imidazole rings is 1. The van der Waals surface area contributed by atoms with Gasteiger partial charge in [0.25, 0.3) is 0 Å². The quantitative estimate of drug-likeness (QED) is 0.811. The van der Waals surface area contributed by atoms with Crippen LogP contribution >= 0.6 is 0 Å². The summed E-state index contributed by atoms with van der Waals surface area (Å²) in [4.78, 5) is 18.1. The van der Waals surface area contributed by atoms with Crippen LogP contribution in [0.15, 0.2) is 24.5 Å². The first kappa shape index (κ1) is 14.3. The number of hydrogen-bond acceptors (Lipinski definition) is 3. The molecule has 1 unspecified atom stereocenters. The predicted octanol–water partition coefficient (Wildman–Crippen LogP) is 2.81. The third-order valence-corrected chi connectivity index (χ3v) is 4.44. The molecule has 0 spiro atoms. The third-order valence-electron chi connectivity index (χ3n) is 4.44. The Bertz CT molecular complexity index is 632. The van der Waals surface area contributed by atoms with Gasteiger partial charge in [0, 0.05) is 30.5 Å². The first-order chi connectivity index (χ1) is 10.2. The maximum Gasteiger partial charge on any atom is 0.151 e. The van der Waals surface area contributed by atoms with Crippen molar-refractivity contribution in [2.45, 2.75) is 39.2 Å². The van der Waals surface area contributed by atoms with Crippen molar-refractivity contribution in [2.24, 2.45) is 5.92 Å². The number of carbonyl (C=O) groups excluding carboxylic acids is 1. The number of piperidine rings is 1. The topological polar surface area (TPSA) is 37.6 Å². The minimum Gasteiger partial charge on any atom is -0.306 e. The molecule has 21 heavy (non-hydrogen) atoms. The van der Waals surface area contributed by atoms with Crippen LogP contribution in [-0.4, -0.2) is 39.7 Å². The summed E-state index contributed by atoms with van der Waals surface area (Å²) >= 11 is 0. The lowest BCUT2D eigenvalue weighted by Gasteiger charge is -2.35. The Morgan fingerprint density at radius 3 is 3.00 bits per heavy atom. The van der Waals surface area contributed by atoms with Gasteiger partial charge in [-0.1, -0.05) is 0 Å². The van der Waals surface area contributed by atoms with Crippen molar-refractivity contribution < 1.29 is 4.79 Å². The van der Waals surface area contributed by atoms with Gasteiger partial charge in [0.05, 0.1) is 5.69 Å². The SMILES string of the molecule is CC(C)N1CCCC(Cc2cn3cc(C=O)ccc3n2)C1. The van der Waals surface area contributed by atoms with Gasteiger partial charge in [-0.2, -0.15) is 0 Å². The molecule has 0 N–H and O–H groups in total. The molecule has 2 aromatic rings. The highest BCUT2D eigenvalue weighted by Crippen LogP contribution is 2.22. The Labute approximate surface area is 125 Å². The zero-order chi connectivity index (χ0) is 14.8. The maximum absolute atomic E-state index is 10.8. The summed E-state index contributed by atoms with van der Waals surface area (Å²) in [7, 11) is 0. The van der Waals surface area contributed by atoms with Crippen LogP contribution in [0.2, 0.25) is 0 Å². The van der Waals surface area contributed by atoms with Crippen molar-refractivity contribution in [2.75, 3.05) is 13.1 Å². The molecule has 1 atom stereocenters. The molecule has 1 aliphatic rings. The summed E-state index contributed by atoms with van der Waals surface area (Å²) in [5.41, 5.74) is 2.75. The highest BCUT2D eigenvalue weighted by atomic mass is 16.1. The van der Waals surface area contributed by atoms with Crippen LogP contribution in [0, 0.1) is 5.92 Å². The summed E-state index contributed by atoms with van der Waals surface area (Å²) < 4.78 is 1.96. The number of likely N-dealkylation sites (tertiary alicyclic amines) is 1. The standard InChI is InChI=1S/C17H23N3O/c1-13(2)19-7-3-4-14(9-19)8-16-11-20-10-15(12-21)5-6-17(20)18-16/h5-6,10-14H,3-4,7-9H2,1-2H3. The van der Waals surface area contributed by atoms with Gasteiger partial charge in [0.2, 0.25) is 0 Å². The van der Waals surface area contributed by atoms with Crippen molar-refractivity contribution in [1.82, 2.24) is 14.3 Å². The Kier molecular flexibility index (Phi) is 4.06. The lowest BCUT2D eigenvalue weighted by Crippen LogP contribution is -2.40. The van der Waals surface area contributed by atoms with Crippen LogP contribution in [0.4, 0.5) is 0 Å². The van der Waals surface area contributed by atoms with Gasteiger partial charge >= 0.3 is 0 Å². The van der Waals surface area contributed by atoms with E-state index in [1.54, 1.807) is 0 Å². The highest BCUT2D eigenvalue weighted by molar-refractivity contribution is 5.74. The van der Waals surface area contributed by atoms with E-state index in [0.717, 1.165) is 24.0 Å². The van der Waals surface area contributed by atoms with E-state index in [1.807, 2.05) is 22.7 Å². The first-order valence-corrected chi connectivity index (χ1v) is 7.82. The highest BCUT2D eigenvalue weighted by Gasteiger charge is 2.22. The van der Waals surface area contributed by atoms with E-state index < -0.39 is 0 Å². The molecule has 3 heterocycles. The van der Waals surface area contributed by atoms with Crippen LogP contribution < -0.4 is 0 Å². The summed E-state index contributed by atoms with van der Waals surface area (Å²) in [5, 5.41) is 0. The van der Waals surface area contributed by atoms with Crippen LogP contribution in [0.25, 0.3) is 5.65 Å². The Morgan fingerprint density at radius 1 is 1.38 bits per heavy atom. The smallest absolute Gasteiger partial charge is 0.151 e. The molecule has 0 aromatic carbocycles. The number of rotatable bonds is 4. The van der Waals surface area contributed by atoms with Crippen LogP contribution in [-0.2, 0) is 6.42 Å². The Balaban J connectivity index is 1.73. The van der Waals surface area contributed by atoms with E-state index in [4.69, 9.17) is 0 Å². The lowest BCUT2D eigenvalue weighted by molar-refractivity contribution is 0.112. The number of carbonyl (C=O) groups is 1. The second kappa shape index (κ2) is 5.98. The van der Waals surface area contributed by atoms with Crippen molar-refractivity contribution in [3.63, 3.8) is 0 Å². The molecule has 1 saturated heterocycles. The predicted molar refractivity (Wildman–Crippen MR) is 83.7 cm³/mol. The number of fused-ring (bicyclic) bond motifs is 1. The third kappa shape index (κ3) is 3.16. The summed E-state index contributed by atoms with van der Waals surface area (Å²) in [6.45, 7) is 6.94. The number of pyridine rings is 1. The lowest BCUT2D eigenvalue weighted by atomic mass is 9.93. The molecular formula is C17H23N3O. The molecule has 0 amide bonds. The zero-order valence-corrected chi connectivity index (χ0v) is 12.8. The van der Waals surface area contributed by atoms with Crippen molar-refractivity contribution in [3.05, 3.63) is 35.8 Å². The summed E-state index contributed by atoms with van der Waals surface area (Å²) in [5.74, 6) is 0.691. The Morgan fingerprint density at radius 2 is 2.24 bits per heavy atom. The number of aromatic nitrogens is 2. The van der Waals surface area contributed by atoms with Crippen molar-refractivity contribution in [3.8, 4) is 0 Å². The van der Waals surface area contributed by atoms with Gasteiger partial charge in [-0.05, 0) is 57.7 Å². The van der Waals surface area contributed by atoms with Gasteiger partial charge in [-0.15, -0.1) is 0 Å².